The van der Waals surface area contributed by atoms with Gasteiger partial charge in [0.25, 0.3) is 5.91 Å². The average Bonchev–Trinajstić information content (AvgIpc) is 2.39. The van der Waals surface area contributed by atoms with Crippen LogP contribution in [0.5, 0.6) is 11.5 Å². The lowest BCUT2D eigenvalue weighted by atomic mass is 10.1. The summed E-state index contributed by atoms with van der Waals surface area (Å²) in [5.74, 6) is 1.02. The van der Waals surface area contributed by atoms with Crippen molar-refractivity contribution in [2.75, 3.05) is 13.7 Å². The van der Waals surface area contributed by atoms with Gasteiger partial charge in [0.1, 0.15) is 0 Å². The van der Waals surface area contributed by atoms with E-state index in [4.69, 9.17) is 15.2 Å². The highest BCUT2D eigenvalue weighted by Gasteiger charge is 2.17. The van der Waals surface area contributed by atoms with E-state index >= 15 is 0 Å². The Morgan fingerprint density at radius 2 is 2.00 bits per heavy atom. The average molecular weight is 280 g/mol. The van der Waals surface area contributed by atoms with Crippen molar-refractivity contribution < 1.29 is 14.3 Å². The van der Waals surface area contributed by atoms with Gasteiger partial charge < -0.3 is 20.5 Å². The zero-order valence-corrected chi connectivity index (χ0v) is 12.6. The number of ether oxygens (including phenoxy) is 2. The van der Waals surface area contributed by atoms with Gasteiger partial charge in [-0.05, 0) is 51.4 Å². The topological polar surface area (TPSA) is 73.6 Å². The summed E-state index contributed by atoms with van der Waals surface area (Å²) in [6.07, 6.45) is 0.201. The van der Waals surface area contributed by atoms with Crippen LogP contribution in [0.4, 0.5) is 0 Å². The minimum Gasteiger partial charge on any atom is -0.493 e. The molecule has 20 heavy (non-hydrogen) atoms. The number of hydrogen-bond acceptors (Lipinski definition) is 4. The molecule has 1 unspecified atom stereocenters. The molecule has 1 aromatic rings. The zero-order chi connectivity index (χ0) is 15.1. The molecule has 0 bridgehead atoms. The summed E-state index contributed by atoms with van der Waals surface area (Å²) in [4.78, 5) is 11.8. The number of methoxy groups -OCH3 is 1. The molecule has 0 aliphatic heterocycles. The van der Waals surface area contributed by atoms with Crippen molar-refractivity contribution in [3.05, 3.63) is 23.8 Å². The van der Waals surface area contributed by atoms with E-state index < -0.39 is 6.10 Å². The summed E-state index contributed by atoms with van der Waals surface area (Å²) in [6, 6.07) is 5.71. The van der Waals surface area contributed by atoms with Crippen LogP contribution in [0.3, 0.4) is 0 Å². The van der Waals surface area contributed by atoms with E-state index in [9.17, 15) is 4.79 Å². The fourth-order valence-electron chi connectivity index (χ4n) is 1.78. The number of rotatable bonds is 7. The van der Waals surface area contributed by atoms with Gasteiger partial charge in [0.05, 0.1) is 7.11 Å². The zero-order valence-electron chi connectivity index (χ0n) is 12.6. The summed E-state index contributed by atoms with van der Waals surface area (Å²) >= 11 is 0. The molecular weight excluding hydrogens is 256 g/mol. The molecule has 1 rings (SSSR count). The summed E-state index contributed by atoms with van der Waals surface area (Å²) in [5.41, 5.74) is 6.61. The first-order valence-electron chi connectivity index (χ1n) is 6.82. The SMILES string of the molecule is COc1cc(CCN)ccc1OC(C)C(=O)NC(C)C. The second kappa shape index (κ2) is 7.75. The number of amides is 1. The highest BCUT2D eigenvalue weighted by Crippen LogP contribution is 2.29. The molecule has 0 heterocycles. The molecule has 0 aliphatic rings. The molecular formula is C15H24N2O3. The van der Waals surface area contributed by atoms with Crippen molar-refractivity contribution in [1.82, 2.24) is 5.32 Å². The van der Waals surface area contributed by atoms with Gasteiger partial charge in [0, 0.05) is 6.04 Å². The predicted octanol–water partition coefficient (Wildman–Crippen LogP) is 1.49. The van der Waals surface area contributed by atoms with Gasteiger partial charge in [-0.15, -0.1) is 0 Å². The normalized spacial score (nSPS) is 12.1. The second-order valence-electron chi connectivity index (χ2n) is 4.95. The summed E-state index contributed by atoms with van der Waals surface area (Å²) < 4.78 is 11.0. The van der Waals surface area contributed by atoms with Crippen molar-refractivity contribution in [2.24, 2.45) is 5.73 Å². The van der Waals surface area contributed by atoms with E-state index in [0.717, 1.165) is 12.0 Å². The number of nitrogens with one attached hydrogen (secondary N) is 1. The van der Waals surface area contributed by atoms with Gasteiger partial charge in [0.2, 0.25) is 0 Å². The van der Waals surface area contributed by atoms with E-state index in [1.807, 2.05) is 32.0 Å². The van der Waals surface area contributed by atoms with Gasteiger partial charge in [-0.1, -0.05) is 6.07 Å². The number of carbonyl (C=O) groups is 1. The fraction of sp³-hybridized carbons (Fsp3) is 0.533. The molecule has 0 saturated heterocycles. The summed E-state index contributed by atoms with van der Waals surface area (Å²) in [7, 11) is 1.58. The van der Waals surface area contributed by atoms with Gasteiger partial charge in [0.15, 0.2) is 17.6 Å². The van der Waals surface area contributed by atoms with Crippen LogP contribution < -0.4 is 20.5 Å². The second-order valence-corrected chi connectivity index (χ2v) is 4.95. The Balaban J connectivity index is 2.78. The highest BCUT2D eigenvalue weighted by molar-refractivity contribution is 5.81. The fourth-order valence-corrected chi connectivity index (χ4v) is 1.78. The van der Waals surface area contributed by atoms with Gasteiger partial charge in [-0.25, -0.2) is 0 Å². The maximum absolute atomic E-state index is 11.8. The lowest BCUT2D eigenvalue weighted by molar-refractivity contribution is -0.127. The first kappa shape index (κ1) is 16.3. The van der Waals surface area contributed by atoms with Crippen LogP contribution in [0.1, 0.15) is 26.3 Å². The Kier molecular flexibility index (Phi) is 6.31. The highest BCUT2D eigenvalue weighted by atomic mass is 16.5. The molecule has 0 fully saturated rings. The minimum absolute atomic E-state index is 0.0855. The monoisotopic (exact) mass is 280 g/mol. The van der Waals surface area contributed by atoms with Crippen molar-refractivity contribution in [2.45, 2.75) is 39.3 Å². The minimum atomic E-state index is -0.577. The van der Waals surface area contributed by atoms with Crippen molar-refractivity contribution in [1.29, 1.82) is 0 Å². The first-order valence-corrected chi connectivity index (χ1v) is 6.82. The number of benzene rings is 1. The lowest BCUT2D eigenvalue weighted by Crippen LogP contribution is -2.40. The molecule has 0 spiro atoms. The van der Waals surface area contributed by atoms with Crippen LogP contribution in [0.2, 0.25) is 0 Å². The van der Waals surface area contributed by atoms with Gasteiger partial charge in [-0.2, -0.15) is 0 Å². The molecule has 1 atom stereocenters. The van der Waals surface area contributed by atoms with Crippen LogP contribution >= 0.6 is 0 Å². The van der Waals surface area contributed by atoms with Crippen molar-refractivity contribution >= 4 is 5.91 Å². The number of carbonyl (C=O) groups excluding carboxylic acids is 1. The van der Waals surface area contributed by atoms with Crippen LogP contribution in [0, 0.1) is 0 Å². The molecule has 0 aliphatic carbocycles. The van der Waals surface area contributed by atoms with Gasteiger partial charge in [-0.3, -0.25) is 4.79 Å². The maximum Gasteiger partial charge on any atom is 0.260 e. The Hall–Kier alpha value is -1.75. The van der Waals surface area contributed by atoms with Crippen molar-refractivity contribution in [3.63, 3.8) is 0 Å². The maximum atomic E-state index is 11.8. The number of nitrogens with two attached hydrogens (primary N) is 1. The van der Waals surface area contributed by atoms with E-state index in [-0.39, 0.29) is 11.9 Å². The molecule has 0 aromatic heterocycles. The molecule has 0 radical (unpaired) electrons. The Bertz CT molecular complexity index is 447. The first-order chi connectivity index (χ1) is 9.47. The standard InChI is InChI=1S/C15H24N2O3/c1-10(2)17-15(18)11(3)20-13-6-5-12(7-8-16)9-14(13)19-4/h5-6,9-11H,7-8,16H2,1-4H3,(H,17,18). The Morgan fingerprint density at radius 1 is 1.30 bits per heavy atom. The molecule has 0 saturated carbocycles. The molecule has 5 heteroatoms. The largest absolute Gasteiger partial charge is 0.493 e. The summed E-state index contributed by atoms with van der Waals surface area (Å²) in [6.45, 7) is 6.11. The van der Waals surface area contributed by atoms with E-state index in [1.54, 1.807) is 14.0 Å². The summed E-state index contributed by atoms with van der Waals surface area (Å²) in [5, 5.41) is 2.81. The Morgan fingerprint density at radius 3 is 2.55 bits per heavy atom. The third-order valence-corrected chi connectivity index (χ3v) is 2.76. The van der Waals surface area contributed by atoms with Crippen LogP contribution in [-0.2, 0) is 11.2 Å². The van der Waals surface area contributed by atoms with Crippen molar-refractivity contribution in [3.8, 4) is 11.5 Å². The Labute approximate surface area is 120 Å². The predicted molar refractivity (Wildman–Crippen MR) is 79.1 cm³/mol. The van der Waals surface area contributed by atoms with E-state index in [2.05, 4.69) is 5.32 Å². The third kappa shape index (κ3) is 4.74. The molecule has 1 aromatic carbocycles. The van der Waals surface area contributed by atoms with E-state index in [0.29, 0.717) is 18.0 Å². The third-order valence-electron chi connectivity index (χ3n) is 2.76. The lowest BCUT2D eigenvalue weighted by Gasteiger charge is -2.18. The molecule has 112 valence electrons. The smallest absolute Gasteiger partial charge is 0.260 e. The van der Waals surface area contributed by atoms with Crippen LogP contribution in [0.15, 0.2) is 18.2 Å². The molecule has 3 N–H and O–H groups in total. The quantitative estimate of drug-likeness (QED) is 0.793. The molecule has 5 nitrogen and oxygen atoms in total. The van der Waals surface area contributed by atoms with Crippen LogP contribution in [0.25, 0.3) is 0 Å². The molecule has 1 amide bonds. The number of hydrogen-bond donors (Lipinski definition) is 2. The van der Waals surface area contributed by atoms with E-state index in [1.165, 1.54) is 0 Å². The van der Waals surface area contributed by atoms with Gasteiger partial charge >= 0.3 is 0 Å². The van der Waals surface area contributed by atoms with Crippen LogP contribution in [-0.4, -0.2) is 31.7 Å².